The molecule has 0 aromatic heterocycles. The van der Waals surface area contributed by atoms with Gasteiger partial charge in [-0.1, -0.05) is 0 Å². The summed E-state index contributed by atoms with van der Waals surface area (Å²) in [6, 6.07) is 0.385. The van der Waals surface area contributed by atoms with E-state index in [4.69, 9.17) is 13.3 Å². The normalized spacial score (nSPS) is 12.8. The predicted molar refractivity (Wildman–Crippen MR) is 110 cm³/mol. The standard InChI is InChI=1S/C19H33F6NO7Si/c1-4-31-34(32-5-2,33-6-3)13-7-10-26(11-8-16(27)29-14-18(20,21)22)12-9-17(28)30-15-19(23,24)25/h4-15H2,1-3H3. The summed E-state index contributed by atoms with van der Waals surface area (Å²) in [5.74, 6) is -2.19. The molecule has 0 spiro atoms. The second-order valence-electron chi connectivity index (χ2n) is 6.98. The van der Waals surface area contributed by atoms with Crippen LogP contribution in [0.4, 0.5) is 26.3 Å². The maximum Gasteiger partial charge on any atom is 0.500 e. The highest BCUT2D eigenvalue weighted by molar-refractivity contribution is 6.60. The fourth-order valence-electron chi connectivity index (χ4n) is 2.82. The zero-order valence-corrected chi connectivity index (χ0v) is 20.6. The van der Waals surface area contributed by atoms with Gasteiger partial charge in [0.05, 0.1) is 12.8 Å². The number of halogens is 6. The molecule has 202 valence electrons. The van der Waals surface area contributed by atoms with Gasteiger partial charge in [0.2, 0.25) is 0 Å². The van der Waals surface area contributed by atoms with Gasteiger partial charge < -0.3 is 27.7 Å². The smallest absolute Gasteiger partial charge is 0.456 e. The summed E-state index contributed by atoms with van der Waals surface area (Å²) in [6.45, 7) is 3.07. The topological polar surface area (TPSA) is 83.5 Å². The molecule has 0 N–H and O–H groups in total. The average Bonchev–Trinajstić information content (AvgIpc) is 2.71. The van der Waals surface area contributed by atoms with Crippen molar-refractivity contribution in [1.29, 1.82) is 0 Å². The molecule has 8 nitrogen and oxygen atoms in total. The minimum absolute atomic E-state index is 0.0737. The van der Waals surface area contributed by atoms with Crippen LogP contribution < -0.4 is 0 Å². The average molecular weight is 530 g/mol. The molecule has 0 bridgehead atoms. The van der Waals surface area contributed by atoms with E-state index in [0.29, 0.717) is 32.3 Å². The molecule has 0 aliphatic rings. The van der Waals surface area contributed by atoms with E-state index < -0.39 is 59.2 Å². The Kier molecular flexibility index (Phi) is 15.6. The molecular formula is C19H33F6NO7Si. The second kappa shape index (κ2) is 16.3. The third kappa shape index (κ3) is 17.1. The Morgan fingerprint density at radius 1 is 0.706 bits per heavy atom. The summed E-state index contributed by atoms with van der Waals surface area (Å²) in [5, 5.41) is 0. The molecule has 0 heterocycles. The van der Waals surface area contributed by atoms with Crippen molar-refractivity contribution in [3.8, 4) is 0 Å². The molecule has 0 fully saturated rings. The number of ether oxygens (including phenoxy) is 2. The van der Waals surface area contributed by atoms with Crippen LogP contribution in [0.25, 0.3) is 0 Å². The molecular weight excluding hydrogens is 496 g/mol. The molecule has 0 aliphatic carbocycles. The Hall–Kier alpha value is -1.42. The van der Waals surface area contributed by atoms with Crippen molar-refractivity contribution < 1.29 is 58.7 Å². The highest BCUT2D eigenvalue weighted by Gasteiger charge is 2.39. The number of nitrogens with zero attached hydrogens (tertiary/aromatic N) is 1. The Morgan fingerprint density at radius 3 is 1.41 bits per heavy atom. The number of carbonyl (C=O) groups is 2. The lowest BCUT2D eigenvalue weighted by Gasteiger charge is -2.29. The van der Waals surface area contributed by atoms with Gasteiger partial charge >= 0.3 is 33.1 Å². The molecule has 0 rings (SSSR count). The Bertz CT molecular complexity index is 541. The van der Waals surface area contributed by atoms with Gasteiger partial charge in [0, 0.05) is 39.0 Å². The van der Waals surface area contributed by atoms with Crippen molar-refractivity contribution in [2.45, 2.75) is 58.4 Å². The fraction of sp³-hybridized carbons (Fsp3) is 0.895. The van der Waals surface area contributed by atoms with Gasteiger partial charge in [-0.3, -0.25) is 9.59 Å². The number of carbonyl (C=O) groups excluding carboxylic acids is 2. The molecule has 34 heavy (non-hydrogen) atoms. The van der Waals surface area contributed by atoms with Crippen LogP contribution in [0, 0.1) is 0 Å². The fourth-order valence-corrected chi connectivity index (χ4v) is 5.42. The highest BCUT2D eigenvalue weighted by atomic mass is 28.4. The largest absolute Gasteiger partial charge is 0.500 e. The van der Waals surface area contributed by atoms with E-state index in [1.807, 2.05) is 0 Å². The van der Waals surface area contributed by atoms with Crippen LogP contribution in [-0.4, -0.2) is 90.7 Å². The number of esters is 2. The second-order valence-corrected chi connectivity index (χ2v) is 9.71. The summed E-state index contributed by atoms with van der Waals surface area (Å²) in [5.41, 5.74) is 0. The van der Waals surface area contributed by atoms with Gasteiger partial charge in [-0.15, -0.1) is 0 Å². The SMILES string of the molecule is CCO[Si](CCCN(CCC(=O)OCC(F)(F)F)CCC(=O)OCC(F)(F)F)(OCC)OCC. The van der Waals surface area contributed by atoms with Crippen molar-refractivity contribution in [1.82, 2.24) is 4.90 Å². The minimum Gasteiger partial charge on any atom is -0.456 e. The molecule has 0 unspecified atom stereocenters. The van der Waals surface area contributed by atoms with E-state index in [2.05, 4.69) is 9.47 Å². The highest BCUT2D eigenvalue weighted by Crippen LogP contribution is 2.19. The molecule has 0 saturated heterocycles. The molecule has 0 amide bonds. The summed E-state index contributed by atoms with van der Waals surface area (Å²) in [6.07, 6.45) is -9.72. The van der Waals surface area contributed by atoms with Crippen molar-refractivity contribution in [2.75, 3.05) is 52.7 Å². The monoisotopic (exact) mass is 529 g/mol. The van der Waals surface area contributed by atoms with Crippen molar-refractivity contribution >= 4 is 20.7 Å². The first-order valence-electron chi connectivity index (χ1n) is 10.8. The molecule has 0 aliphatic heterocycles. The first kappa shape index (κ1) is 32.6. The van der Waals surface area contributed by atoms with E-state index in [1.54, 1.807) is 25.7 Å². The number of hydrogen-bond acceptors (Lipinski definition) is 8. The predicted octanol–water partition coefficient (Wildman–Crippen LogP) is 3.72. The van der Waals surface area contributed by atoms with Crippen molar-refractivity contribution in [3.05, 3.63) is 0 Å². The third-order valence-corrected chi connectivity index (χ3v) is 7.26. The molecule has 15 heteroatoms. The van der Waals surface area contributed by atoms with Gasteiger partial charge in [-0.2, -0.15) is 26.3 Å². The Morgan fingerprint density at radius 2 is 1.09 bits per heavy atom. The maximum absolute atomic E-state index is 12.2. The summed E-state index contributed by atoms with van der Waals surface area (Å²) >= 11 is 0. The van der Waals surface area contributed by atoms with Gasteiger partial charge in [0.1, 0.15) is 0 Å². The van der Waals surface area contributed by atoms with Crippen LogP contribution in [-0.2, 0) is 32.3 Å². The van der Waals surface area contributed by atoms with E-state index in [0.717, 1.165) is 0 Å². The number of hydrogen-bond donors (Lipinski definition) is 0. The van der Waals surface area contributed by atoms with Crippen molar-refractivity contribution in [3.63, 3.8) is 0 Å². The van der Waals surface area contributed by atoms with E-state index in [1.165, 1.54) is 0 Å². The summed E-state index contributed by atoms with van der Waals surface area (Å²) < 4.78 is 98.7. The quantitative estimate of drug-likeness (QED) is 0.151. The summed E-state index contributed by atoms with van der Waals surface area (Å²) in [4.78, 5) is 24.8. The van der Waals surface area contributed by atoms with Gasteiger partial charge in [-0.25, -0.2) is 0 Å². The molecule has 0 aromatic rings. The third-order valence-electron chi connectivity index (χ3n) is 4.11. The molecule has 0 saturated carbocycles. The maximum atomic E-state index is 12.2. The lowest BCUT2D eigenvalue weighted by molar-refractivity contribution is -0.187. The lowest BCUT2D eigenvalue weighted by Crippen LogP contribution is -2.46. The zero-order chi connectivity index (χ0) is 26.3. The Labute approximate surface area is 196 Å². The van der Waals surface area contributed by atoms with Crippen molar-refractivity contribution in [2.24, 2.45) is 0 Å². The zero-order valence-electron chi connectivity index (χ0n) is 19.6. The van der Waals surface area contributed by atoms with Crippen LogP contribution in [0.2, 0.25) is 6.04 Å². The van der Waals surface area contributed by atoms with Gasteiger partial charge in [-0.05, 0) is 33.7 Å². The first-order chi connectivity index (χ1) is 15.8. The number of alkyl halides is 6. The van der Waals surface area contributed by atoms with Crippen LogP contribution >= 0.6 is 0 Å². The van der Waals surface area contributed by atoms with E-state index in [-0.39, 0.29) is 19.6 Å². The molecule has 0 aromatic carbocycles. The lowest BCUT2D eigenvalue weighted by atomic mass is 10.3. The first-order valence-corrected chi connectivity index (χ1v) is 12.8. The van der Waals surface area contributed by atoms with Crippen LogP contribution in [0.1, 0.15) is 40.0 Å². The summed E-state index contributed by atoms with van der Waals surface area (Å²) in [7, 11) is -2.98. The van der Waals surface area contributed by atoms with Gasteiger partial charge in [0.25, 0.3) is 0 Å². The van der Waals surface area contributed by atoms with E-state index in [9.17, 15) is 35.9 Å². The van der Waals surface area contributed by atoms with Crippen LogP contribution in [0.5, 0.6) is 0 Å². The molecule has 0 atom stereocenters. The Balaban J connectivity index is 4.96. The minimum atomic E-state index is -4.66. The van der Waals surface area contributed by atoms with Gasteiger partial charge in [0.15, 0.2) is 13.2 Å². The number of rotatable bonds is 18. The van der Waals surface area contributed by atoms with E-state index >= 15 is 0 Å². The van der Waals surface area contributed by atoms with Crippen LogP contribution in [0.3, 0.4) is 0 Å². The van der Waals surface area contributed by atoms with Crippen LogP contribution in [0.15, 0.2) is 0 Å². The molecule has 0 radical (unpaired) electrons.